The fourth-order valence-electron chi connectivity index (χ4n) is 6.57. The third-order valence-electron chi connectivity index (χ3n) is 8.70. The van der Waals surface area contributed by atoms with Crippen LogP contribution in [0.2, 0.25) is 0 Å². The second-order valence-corrected chi connectivity index (χ2v) is 12.8. The van der Waals surface area contributed by atoms with Crippen molar-refractivity contribution < 1.29 is 46.3 Å². The van der Waals surface area contributed by atoms with Gasteiger partial charge < -0.3 is 28.9 Å². The Morgan fingerprint density at radius 1 is 1.15 bits per heavy atom. The highest BCUT2D eigenvalue weighted by Crippen LogP contribution is 2.47. The van der Waals surface area contributed by atoms with Crippen molar-refractivity contribution in [1.82, 2.24) is 10.1 Å². The average molecular weight is 661 g/mol. The largest absolute Gasteiger partial charge is 0.573 e. The quantitative estimate of drug-likeness (QED) is 0.140. The first kappa shape index (κ1) is 30.4. The van der Waals surface area contributed by atoms with Gasteiger partial charge in [-0.25, -0.2) is 9.37 Å². The second-order valence-electron chi connectivity index (χ2n) is 11.8. The van der Waals surface area contributed by atoms with Gasteiger partial charge in [-0.05, 0) is 62.8 Å². The Balaban J connectivity index is 1.09. The number of fused-ring (bicyclic) bond motifs is 3. The average Bonchev–Trinajstić information content (AvgIpc) is 3.52. The number of anilines is 2. The molecule has 2 bridgehead atoms. The minimum absolute atomic E-state index is 0.0797. The van der Waals surface area contributed by atoms with Crippen LogP contribution in [0.3, 0.4) is 0 Å². The van der Waals surface area contributed by atoms with Crippen LogP contribution in [0.1, 0.15) is 55.8 Å². The van der Waals surface area contributed by atoms with E-state index in [1.165, 1.54) is 29.5 Å². The highest BCUT2D eigenvalue weighted by Gasteiger charge is 2.43. The molecule has 1 N–H and O–H groups in total. The number of carbonyl (C=O) groups excluding carboxylic acids is 1. The number of alkyl halides is 3. The van der Waals surface area contributed by atoms with Crippen molar-refractivity contribution in [3.05, 3.63) is 53.5 Å². The number of aromatic nitrogens is 2. The lowest BCUT2D eigenvalue weighted by molar-refractivity contribution is -0.274. The summed E-state index contributed by atoms with van der Waals surface area (Å²) in [5.41, 5.74) is 1.37. The van der Waals surface area contributed by atoms with Crippen molar-refractivity contribution in [2.75, 3.05) is 16.3 Å². The van der Waals surface area contributed by atoms with Crippen molar-refractivity contribution >= 4 is 44.8 Å². The molecule has 3 aliphatic rings. The Morgan fingerprint density at radius 3 is 2.57 bits per heavy atom. The maximum atomic E-state index is 15.1. The van der Waals surface area contributed by atoms with Gasteiger partial charge in [-0.2, -0.15) is 0 Å². The number of para-hydroxylation sites is 1. The van der Waals surface area contributed by atoms with Crippen LogP contribution in [-0.2, 0) is 20.9 Å². The van der Waals surface area contributed by atoms with E-state index in [0.717, 1.165) is 36.6 Å². The number of ether oxygens (including phenoxy) is 2. The summed E-state index contributed by atoms with van der Waals surface area (Å²) in [7, 11) is 0. The van der Waals surface area contributed by atoms with Gasteiger partial charge in [0.25, 0.3) is 0 Å². The van der Waals surface area contributed by atoms with Crippen LogP contribution in [-0.4, -0.2) is 58.7 Å². The Labute approximate surface area is 263 Å². The Morgan fingerprint density at radius 2 is 1.89 bits per heavy atom. The number of hydrogen-bond donors (Lipinski definition) is 1. The molecule has 4 heterocycles. The molecule has 1 aliphatic carbocycles. The first-order valence-electron chi connectivity index (χ1n) is 14.8. The summed E-state index contributed by atoms with van der Waals surface area (Å²) in [6, 6.07) is 8.68. The van der Waals surface area contributed by atoms with Crippen LogP contribution in [0, 0.1) is 5.82 Å². The number of halogens is 4. The minimum Gasteiger partial charge on any atom is -0.480 e. The smallest absolute Gasteiger partial charge is 0.480 e. The summed E-state index contributed by atoms with van der Waals surface area (Å²) >= 11 is 1.29. The van der Waals surface area contributed by atoms with Crippen molar-refractivity contribution in [3.63, 3.8) is 0 Å². The van der Waals surface area contributed by atoms with E-state index in [1.807, 2.05) is 0 Å². The first-order valence-corrected chi connectivity index (χ1v) is 15.7. The van der Waals surface area contributed by atoms with Crippen molar-refractivity contribution in [1.29, 1.82) is 0 Å². The molecular weight excluding hydrogens is 632 g/mol. The van der Waals surface area contributed by atoms with Crippen LogP contribution in [0.25, 0.3) is 21.5 Å². The monoisotopic (exact) mass is 660 g/mol. The van der Waals surface area contributed by atoms with Gasteiger partial charge in [0.05, 0.1) is 17.4 Å². The van der Waals surface area contributed by atoms with Gasteiger partial charge in [0.1, 0.15) is 29.3 Å². The number of rotatable bonds is 11. The van der Waals surface area contributed by atoms with Crippen LogP contribution in [0.4, 0.5) is 28.4 Å². The van der Waals surface area contributed by atoms with E-state index in [1.54, 1.807) is 12.1 Å². The van der Waals surface area contributed by atoms with Crippen molar-refractivity contribution in [2.45, 2.75) is 75.6 Å². The van der Waals surface area contributed by atoms with E-state index in [2.05, 4.69) is 19.8 Å². The molecule has 3 fully saturated rings. The van der Waals surface area contributed by atoms with Crippen LogP contribution < -0.4 is 14.5 Å². The summed E-state index contributed by atoms with van der Waals surface area (Å²) in [6.45, 7) is -0.474. The molecule has 2 aliphatic heterocycles. The number of amides is 1. The molecule has 10 nitrogen and oxygen atoms in total. The fourth-order valence-corrected chi connectivity index (χ4v) is 7.72. The molecule has 242 valence electrons. The molecule has 1 saturated carbocycles. The van der Waals surface area contributed by atoms with Crippen LogP contribution >= 0.6 is 11.3 Å². The molecule has 0 spiro atoms. The number of carboxylic acid groups (broad SMARTS) is 1. The van der Waals surface area contributed by atoms with E-state index >= 15 is 4.39 Å². The third kappa shape index (κ3) is 6.00. The molecule has 7 rings (SSSR count). The summed E-state index contributed by atoms with van der Waals surface area (Å²) in [6.07, 6.45) is 0.280. The molecule has 2 saturated heterocycles. The van der Waals surface area contributed by atoms with E-state index in [4.69, 9.17) is 14.4 Å². The molecule has 3 atom stereocenters. The SMILES string of the molecule is O=CN(CC(=O)O)c1cc(F)c2nc(N3[C@@H]4CC[C@H]3CC(OCc3c(-c5ccccc5OC(F)(F)F)noc3C3CC3)C4)sc2c1. The van der Waals surface area contributed by atoms with Crippen molar-refractivity contribution in [3.8, 4) is 17.0 Å². The van der Waals surface area contributed by atoms with Gasteiger partial charge in [0.15, 0.2) is 10.9 Å². The van der Waals surface area contributed by atoms with Gasteiger partial charge in [0, 0.05) is 34.8 Å². The zero-order chi connectivity index (χ0) is 32.2. The van der Waals surface area contributed by atoms with E-state index < -0.39 is 24.7 Å². The van der Waals surface area contributed by atoms with Gasteiger partial charge >= 0.3 is 12.3 Å². The normalized spacial score (nSPS) is 21.1. The molecule has 1 amide bonds. The van der Waals surface area contributed by atoms with Gasteiger partial charge in [-0.15, -0.1) is 13.2 Å². The van der Waals surface area contributed by atoms with E-state index in [9.17, 15) is 22.8 Å². The molecule has 0 radical (unpaired) electrons. The fraction of sp³-hybridized carbons (Fsp3) is 0.419. The van der Waals surface area contributed by atoms with E-state index in [-0.39, 0.29) is 58.9 Å². The lowest BCUT2D eigenvalue weighted by Gasteiger charge is -2.38. The Kier molecular flexibility index (Phi) is 7.83. The van der Waals surface area contributed by atoms with Gasteiger partial charge in [-0.3, -0.25) is 9.59 Å². The zero-order valence-corrected chi connectivity index (χ0v) is 25.0. The van der Waals surface area contributed by atoms with Gasteiger partial charge in [-0.1, -0.05) is 28.6 Å². The summed E-state index contributed by atoms with van der Waals surface area (Å²) in [5, 5.41) is 13.9. The summed E-state index contributed by atoms with van der Waals surface area (Å²) in [4.78, 5) is 30.3. The van der Waals surface area contributed by atoms with Crippen LogP contribution in [0.15, 0.2) is 40.9 Å². The highest BCUT2D eigenvalue weighted by molar-refractivity contribution is 7.22. The molecule has 15 heteroatoms. The number of aliphatic carboxylic acids is 1. The second kappa shape index (κ2) is 11.8. The highest BCUT2D eigenvalue weighted by atomic mass is 32.1. The topological polar surface area (TPSA) is 118 Å². The molecule has 2 aromatic heterocycles. The number of thiazole rings is 1. The number of benzene rings is 2. The number of carboxylic acids is 1. The van der Waals surface area contributed by atoms with Crippen molar-refractivity contribution in [2.24, 2.45) is 0 Å². The maximum Gasteiger partial charge on any atom is 0.573 e. The van der Waals surface area contributed by atoms with Gasteiger partial charge in [0.2, 0.25) is 6.41 Å². The lowest BCUT2D eigenvalue weighted by atomic mass is 10.00. The molecule has 4 aromatic rings. The number of carbonyl (C=O) groups is 2. The number of nitrogens with zero attached hydrogens (tertiary/aromatic N) is 4. The third-order valence-corrected chi connectivity index (χ3v) is 9.71. The Bertz CT molecular complexity index is 1780. The van der Waals surface area contributed by atoms with E-state index in [0.29, 0.717) is 40.4 Å². The predicted octanol–water partition coefficient (Wildman–Crippen LogP) is 6.63. The molecule has 46 heavy (non-hydrogen) atoms. The van der Waals surface area contributed by atoms with Crippen LogP contribution in [0.5, 0.6) is 5.75 Å². The lowest BCUT2D eigenvalue weighted by Crippen LogP contribution is -2.45. The Hall–Kier alpha value is -4.24. The minimum atomic E-state index is -4.86. The number of hydrogen-bond acceptors (Lipinski definition) is 9. The summed E-state index contributed by atoms with van der Waals surface area (Å²) < 4.78 is 71.3. The summed E-state index contributed by atoms with van der Waals surface area (Å²) in [5.74, 6) is -1.45. The number of piperidine rings is 1. The molecular formula is C31H28F4N4O6S. The first-order chi connectivity index (χ1) is 22.1. The standard InChI is InChI=1S/C31H28F4N4O6S/c32-23-11-19(38(15-40)13-26(41)42)12-25-28(23)36-30(46-25)39-17-7-8-18(39)10-20(9-17)43-14-22-27(37-45-29(22)16-5-6-16)21-3-1-2-4-24(21)44-31(33,34)35/h1-4,11-12,15-18,20H,5-10,13-14H2,(H,41,42)/t17-,18+,20?. The molecule has 2 aromatic carbocycles. The molecule has 1 unspecified atom stereocenters. The maximum absolute atomic E-state index is 15.1. The zero-order valence-electron chi connectivity index (χ0n) is 24.2. The predicted molar refractivity (Wildman–Crippen MR) is 158 cm³/mol.